The molecule has 12 atom stereocenters. The first kappa shape index (κ1) is 72.2. The quantitative estimate of drug-likeness (QED) is 0.0546. The number of pyridine rings is 1. The number of aliphatic hydroxyl groups excluding tert-OH is 5. The molecular formula is C65H88N12O18S2. The van der Waals surface area contributed by atoms with Crippen LogP contribution < -0.4 is 41.4 Å². The Hall–Kier alpha value is -7.53. The van der Waals surface area contributed by atoms with Crippen LogP contribution in [0.15, 0.2) is 60.8 Å². The zero-order valence-corrected chi connectivity index (χ0v) is 55.7. The molecule has 6 heterocycles. The molecule has 97 heavy (non-hydrogen) atoms. The number of aromatic hydroxyl groups is 1. The van der Waals surface area contributed by atoms with Crippen molar-refractivity contribution in [1.29, 1.82) is 0 Å². The molecule has 4 saturated heterocycles. The van der Waals surface area contributed by atoms with Gasteiger partial charge in [0.25, 0.3) is 0 Å². The number of rotatable bonds is 19. The topological polar surface area (TPSA) is 448 Å². The molecule has 0 bridgehead atoms. The molecule has 2 aliphatic carbocycles. The largest absolute Gasteiger partial charge is 0.504 e. The van der Waals surface area contributed by atoms with Gasteiger partial charge in [-0.1, -0.05) is 55.0 Å². The zero-order valence-electron chi connectivity index (χ0n) is 54.1. The number of nitrogens with one attached hydrogen (secondary N) is 5. The van der Waals surface area contributed by atoms with Crippen LogP contribution in [0.2, 0.25) is 0 Å². The number of hydrogen-bond donors (Lipinski definition) is 13. The summed E-state index contributed by atoms with van der Waals surface area (Å²) in [6, 6.07) is 4.81. The lowest BCUT2D eigenvalue weighted by Gasteiger charge is -2.34. The molecule has 30 nitrogen and oxygen atoms in total. The summed E-state index contributed by atoms with van der Waals surface area (Å²) in [5, 5.41) is 91.4. The molecule has 528 valence electrons. The van der Waals surface area contributed by atoms with Crippen LogP contribution in [0.4, 0.5) is 5.82 Å². The average Bonchev–Trinajstić information content (AvgIpc) is 1.71. The number of anilines is 1. The number of phenols is 1. The number of nitrogens with two attached hydrogens (primary N) is 1. The van der Waals surface area contributed by atoms with Crippen LogP contribution in [0.25, 0.3) is 21.7 Å². The number of carbonyl (C=O) groups is 7. The van der Waals surface area contributed by atoms with Gasteiger partial charge < -0.3 is 86.6 Å². The molecule has 4 aliphatic heterocycles. The molecule has 2 saturated carbocycles. The normalized spacial score (nSPS) is 28.0. The Labute approximate surface area is 565 Å². The van der Waals surface area contributed by atoms with E-state index in [1.807, 2.05) is 18.3 Å². The molecule has 10 rings (SSSR count). The first-order valence-electron chi connectivity index (χ1n) is 33.2. The van der Waals surface area contributed by atoms with Crippen LogP contribution in [-0.4, -0.2) is 229 Å². The zero-order chi connectivity index (χ0) is 69.4. The Morgan fingerprint density at radius 2 is 1.44 bits per heavy atom. The number of amides is 7. The van der Waals surface area contributed by atoms with Crippen molar-refractivity contribution in [3.05, 3.63) is 71.4 Å². The van der Waals surface area contributed by atoms with E-state index in [0.717, 1.165) is 125 Å². The standard InChI is InChI=1S/C65H88N12O18S2/c1-34-31-77-56(57(34)84)61(88)67-22-4-7-45(68-29-36-8-11-40(12-9-36)62-73-74-63(96-62)41-15-13-39(14-16-41)42-17-19-52(69-30-42)75-23-20-44(21-24-75)94-33-37-5-3-6-37)58(85)70-53(35(2)78)64(89)76-32-43(79)27-46(76)59(86)71-54(60(87)72-55(65(77)90)49(82)28-51(66)83)48(81)25-38-10-18-47(80)50(26-38)95-97(91,92)93/h10,13-19,26,30,34-37,40,43-46,48-49,53-57,68,78-82,84H,3-9,11-12,20-25,27-29,31-33H2,1-2H3,(H2,66,83)(H,67,88)(H,70,85)(H,71,86)(H,72,87)(H,91,92,93)/t34-,35+,36?,40?,43+,45-,46-,48+,49+,53-,54-,55-,56-,57-/m0/s1. The van der Waals surface area contributed by atoms with E-state index in [2.05, 4.69) is 70.1 Å². The summed E-state index contributed by atoms with van der Waals surface area (Å²) in [7, 11) is -5.21. The third-order valence-electron chi connectivity index (χ3n) is 19.5. The highest BCUT2D eigenvalue weighted by molar-refractivity contribution is 7.81. The number of hydrogen-bond acceptors (Lipinski definition) is 23. The van der Waals surface area contributed by atoms with Crippen molar-refractivity contribution in [2.24, 2.45) is 23.5 Å². The van der Waals surface area contributed by atoms with Crippen molar-refractivity contribution in [2.45, 2.75) is 183 Å². The van der Waals surface area contributed by atoms with E-state index in [9.17, 15) is 77.2 Å². The van der Waals surface area contributed by atoms with Crippen molar-refractivity contribution in [2.75, 3.05) is 50.8 Å². The maximum Gasteiger partial charge on any atom is 0.446 e. The number of carbonyl (C=O) groups excluding carboxylic acids is 7. The highest BCUT2D eigenvalue weighted by Crippen LogP contribution is 2.40. The summed E-state index contributed by atoms with van der Waals surface area (Å²) in [6.45, 7) is 4.86. The number of phenolic OH excluding ortho intramolecular Hbond substituents is 1. The lowest BCUT2D eigenvalue weighted by molar-refractivity contribution is -0.147. The highest BCUT2D eigenvalue weighted by Gasteiger charge is 2.50. The number of ether oxygens (including phenoxy) is 1. The van der Waals surface area contributed by atoms with E-state index in [1.165, 1.54) is 33.1 Å². The molecular weight excluding hydrogens is 1300 g/mol. The predicted molar refractivity (Wildman–Crippen MR) is 350 cm³/mol. The average molecular weight is 1390 g/mol. The Balaban J connectivity index is 0.818. The molecule has 0 spiro atoms. The smallest absolute Gasteiger partial charge is 0.446 e. The van der Waals surface area contributed by atoms with Gasteiger partial charge >= 0.3 is 10.4 Å². The van der Waals surface area contributed by atoms with Gasteiger partial charge in [-0.2, -0.15) is 8.42 Å². The molecule has 0 unspecified atom stereocenters. The fraction of sp³-hybridized carbons (Fsp3) is 0.600. The van der Waals surface area contributed by atoms with Gasteiger partial charge in [0.2, 0.25) is 41.4 Å². The molecule has 2 aromatic carbocycles. The second kappa shape index (κ2) is 32.0. The van der Waals surface area contributed by atoms with Gasteiger partial charge in [0.1, 0.15) is 46.0 Å². The second-order valence-corrected chi connectivity index (χ2v) is 28.7. The minimum absolute atomic E-state index is 0.0333. The number of aromatic nitrogens is 3. The van der Waals surface area contributed by atoms with E-state index < -0.39 is 162 Å². The molecule has 7 amide bonds. The van der Waals surface area contributed by atoms with Crippen molar-refractivity contribution in [3.63, 3.8) is 0 Å². The SMILES string of the molecule is C[C@@H](O)[C@@H]1NC(=O)[C@@H](NCC2CCC(c3nnc(-c4ccc(-c5ccc(N6CCC(OCC7CCC7)CC6)nc5)cc4)s3)CC2)CCCNC(=O)[C@@H]2[C@@H](O)[C@@H](C)CN2C(=O)[C@H]([C@H](O)CC(N)=O)NC(=O)[C@H]([C@H](O)Cc2ccc(O)c(OS(=O)(=O)O)c2)NC(=O)[C@@H]2C[C@@H](O)CN2C1=O. The third-order valence-corrected chi connectivity index (χ3v) is 21.0. The van der Waals surface area contributed by atoms with E-state index in [-0.39, 0.29) is 43.3 Å². The minimum Gasteiger partial charge on any atom is -0.504 e. The van der Waals surface area contributed by atoms with Gasteiger partial charge in [0.05, 0.1) is 49.1 Å². The maximum atomic E-state index is 14.7. The first-order chi connectivity index (χ1) is 46.3. The summed E-state index contributed by atoms with van der Waals surface area (Å²) in [5.74, 6) is -8.08. The lowest BCUT2D eigenvalue weighted by atomic mass is 9.82. The lowest BCUT2D eigenvalue weighted by Crippen LogP contribution is -2.64. The summed E-state index contributed by atoms with van der Waals surface area (Å²) >= 11 is 1.55. The van der Waals surface area contributed by atoms with Crippen molar-refractivity contribution in [3.8, 4) is 33.2 Å². The van der Waals surface area contributed by atoms with Gasteiger partial charge in [-0.25, -0.2) is 4.98 Å². The van der Waals surface area contributed by atoms with Crippen molar-refractivity contribution < 1.29 is 86.1 Å². The van der Waals surface area contributed by atoms with E-state index in [0.29, 0.717) is 12.6 Å². The van der Waals surface area contributed by atoms with Crippen LogP contribution in [0.1, 0.15) is 114 Å². The van der Waals surface area contributed by atoms with E-state index >= 15 is 0 Å². The van der Waals surface area contributed by atoms with Gasteiger partial charge in [-0.3, -0.25) is 38.1 Å². The summed E-state index contributed by atoms with van der Waals surface area (Å²) in [5.41, 5.74) is 8.32. The monoisotopic (exact) mass is 1390 g/mol. The Morgan fingerprint density at radius 3 is 2.10 bits per heavy atom. The molecule has 0 radical (unpaired) electrons. The number of nitrogens with zero attached hydrogens (tertiary/aromatic N) is 6. The maximum absolute atomic E-state index is 14.7. The van der Waals surface area contributed by atoms with Crippen LogP contribution in [0, 0.1) is 17.8 Å². The molecule has 14 N–H and O–H groups in total. The van der Waals surface area contributed by atoms with Gasteiger partial charge in [-0.15, -0.1) is 10.2 Å². The van der Waals surface area contributed by atoms with Crippen molar-refractivity contribution >= 4 is 68.9 Å². The summed E-state index contributed by atoms with van der Waals surface area (Å²) in [4.78, 5) is 109. The van der Waals surface area contributed by atoms with Gasteiger partial charge in [-0.05, 0) is 125 Å². The van der Waals surface area contributed by atoms with Gasteiger partial charge in [0.15, 0.2) is 11.5 Å². The fourth-order valence-electron chi connectivity index (χ4n) is 13.7. The number of piperidine rings is 1. The second-order valence-electron chi connectivity index (χ2n) is 26.7. The van der Waals surface area contributed by atoms with Crippen LogP contribution in [-0.2, 0) is 55.1 Å². The van der Waals surface area contributed by atoms with Crippen LogP contribution >= 0.6 is 11.3 Å². The molecule has 6 aliphatic rings. The molecule has 6 fully saturated rings. The summed E-state index contributed by atoms with van der Waals surface area (Å²) in [6.07, 6.45) is 0.430. The molecule has 4 aromatic rings. The Kier molecular flexibility index (Phi) is 23.8. The number of benzene rings is 2. The Bertz CT molecular complexity index is 3550. The van der Waals surface area contributed by atoms with E-state index in [1.54, 1.807) is 11.3 Å². The number of primary amides is 1. The van der Waals surface area contributed by atoms with Crippen molar-refractivity contribution in [1.82, 2.24) is 51.6 Å². The molecule has 2 aromatic heterocycles. The predicted octanol–water partition coefficient (Wildman–Crippen LogP) is -0.0735. The third kappa shape index (κ3) is 18.2. The van der Waals surface area contributed by atoms with E-state index in [4.69, 9.17) is 15.5 Å². The minimum atomic E-state index is -5.21. The number of aliphatic hydroxyl groups is 5. The molecule has 32 heteroatoms. The van der Waals surface area contributed by atoms with Crippen LogP contribution in [0.3, 0.4) is 0 Å². The fourth-order valence-corrected chi connectivity index (χ4v) is 15.1. The number of fused-ring (bicyclic) bond motifs is 2. The van der Waals surface area contributed by atoms with Crippen LogP contribution in [0.5, 0.6) is 11.5 Å². The Morgan fingerprint density at radius 1 is 0.763 bits per heavy atom. The first-order valence-corrected chi connectivity index (χ1v) is 35.4. The highest BCUT2D eigenvalue weighted by atomic mass is 32.3. The summed E-state index contributed by atoms with van der Waals surface area (Å²) < 4.78 is 43.1. The van der Waals surface area contributed by atoms with Gasteiger partial charge in [0, 0.05) is 81.3 Å².